The molecule has 2 aliphatic carbocycles. The highest BCUT2D eigenvalue weighted by atomic mass is 16.3. The Morgan fingerprint density at radius 3 is 1.69 bits per heavy atom. The van der Waals surface area contributed by atoms with E-state index in [1.165, 1.54) is 55.3 Å². The number of para-hydroxylation sites is 2. The van der Waals surface area contributed by atoms with Gasteiger partial charge in [-0.1, -0.05) is 182 Å². The molecule has 316 valence electrons. The van der Waals surface area contributed by atoms with Gasteiger partial charge >= 0.3 is 0 Å². The first kappa shape index (κ1) is 37.3. The molecule has 0 atom stereocenters. The molecule has 0 saturated heterocycles. The molecule has 3 nitrogen and oxygen atoms in total. The van der Waals surface area contributed by atoms with Crippen molar-refractivity contribution in [3.8, 4) is 44.5 Å². The minimum Gasteiger partial charge on any atom is -0.456 e. The van der Waals surface area contributed by atoms with E-state index in [2.05, 4.69) is 235 Å². The molecule has 0 saturated carbocycles. The van der Waals surface area contributed by atoms with Crippen LogP contribution in [-0.4, -0.2) is 0 Å². The first-order valence-corrected chi connectivity index (χ1v) is 23.4. The number of rotatable bonds is 5. The van der Waals surface area contributed by atoms with E-state index in [9.17, 15) is 0 Å². The summed E-state index contributed by atoms with van der Waals surface area (Å²) in [5.74, 6) is 0. The molecule has 0 fully saturated rings. The summed E-state index contributed by atoms with van der Waals surface area (Å²) in [6, 6.07) is 86.2. The summed E-state index contributed by atoms with van der Waals surface area (Å²) in [7, 11) is 0. The maximum absolute atomic E-state index is 7.26. The molecule has 0 unspecified atom stereocenters. The monoisotopic (exact) mass is 865 g/mol. The van der Waals surface area contributed by atoms with Crippen molar-refractivity contribution >= 4 is 71.7 Å². The molecule has 2 heterocycles. The number of hydrogen-bond acceptors (Lipinski definition) is 3. The van der Waals surface area contributed by atoms with Crippen LogP contribution in [0.1, 0.15) is 22.3 Å². The van der Waals surface area contributed by atoms with Crippen LogP contribution in [0.4, 0.5) is 17.1 Å². The van der Waals surface area contributed by atoms with E-state index >= 15 is 0 Å². The summed E-state index contributed by atoms with van der Waals surface area (Å²) in [5, 5.41) is 6.56. The molecule has 0 amide bonds. The normalized spacial score (nSPS) is 13.1. The Morgan fingerprint density at radius 2 is 0.926 bits per heavy atom. The van der Waals surface area contributed by atoms with Gasteiger partial charge in [0.2, 0.25) is 0 Å². The summed E-state index contributed by atoms with van der Waals surface area (Å²) >= 11 is 0. The van der Waals surface area contributed by atoms with Crippen molar-refractivity contribution in [3.63, 3.8) is 0 Å². The Morgan fingerprint density at radius 1 is 0.324 bits per heavy atom. The SMILES string of the molecule is c1ccc(-c2ccccc2N(c2ccc3c(c2)C2(c4ccccc4-c4ccccc42)c2ccccc2-3)c2ccc3c(c2)oc2c(-c4ccc5ccccc5c4)c4c(cc23)oc2ccccc24)cc1. The predicted molar refractivity (Wildman–Crippen MR) is 280 cm³/mol. The van der Waals surface area contributed by atoms with Crippen LogP contribution in [0.3, 0.4) is 0 Å². The quantitative estimate of drug-likeness (QED) is 0.173. The maximum atomic E-state index is 7.26. The Labute approximate surface area is 392 Å². The summed E-state index contributed by atoms with van der Waals surface area (Å²) in [5.41, 5.74) is 20.8. The van der Waals surface area contributed by atoms with Crippen LogP contribution in [0.25, 0.3) is 99.2 Å². The van der Waals surface area contributed by atoms with Gasteiger partial charge in [-0.3, -0.25) is 0 Å². The fourth-order valence-corrected chi connectivity index (χ4v) is 12.0. The van der Waals surface area contributed by atoms with Crippen LogP contribution in [0.15, 0.2) is 245 Å². The van der Waals surface area contributed by atoms with Gasteiger partial charge in [0.1, 0.15) is 22.3 Å². The van der Waals surface area contributed by atoms with Crippen molar-refractivity contribution in [2.24, 2.45) is 0 Å². The van der Waals surface area contributed by atoms with Gasteiger partial charge in [0.05, 0.1) is 11.1 Å². The second kappa shape index (κ2) is 14.0. The molecule has 68 heavy (non-hydrogen) atoms. The number of hydrogen-bond donors (Lipinski definition) is 0. The highest BCUT2D eigenvalue weighted by Crippen LogP contribution is 2.63. The van der Waals surface area contributed by atoms with Crippen molar-refractivity contribution in [2.45, 2.75) is 5.41 Å². The first-order valence-electron chi connectivity index (χ1n) is 23.4. The molecule has 11 aromatic carbocycles. The average molecular weight is 866 g/mol. The zero-order valence-electron chi connectivity index (χ0n) is 36.8. The third-order valence-electron chi connectivity index (χ3n) is 14.9. The number of nitrogens with zero attached hydrogens (tertiary/aromatic N) is 1. The van der Waals surface area contributed by atoms with Crippen LogP contribution in [-0.2, 0) is 5.41 Å². The molecular formula is C65H39NO2. The van der Waals surface area contributed by atoms with Crippen LogP contribution < -0.4 is 4.90 Å². The zero-order chi connectivity index (χ0) is 44.5. The molecule has 15 rings (SSSR count). The van der Waals surface area contributed by atoms with Gasteiger partial charge in [-0.15, -0.1) is 0 Å². The smallest absolute Gasteiger partial charge is 0.144 e. The van der Waals surface area contributed by atoms with Crippen molar-refractivity contribution in [1.29, 1.82) is 0 Å². The Hall–Kier alpha value is -8.92. The topological polar surface area (TPSA) is 29.5 Å². The summed E-state index contributed by atoms with van der Waals surface area (Å²) in [6.07, 6.45) is 0. The molecule has 0 aliphatic heterocycles. The van der Waals surface area contributed by atoms with Gasteiger partial charge in [-0.2, -0.15) is 0 Å². The zero-order valence-corrected chi connectivity index (χ0v) is 36.8. The molecule has 0 radical (unpaired) electrons. The third kappa shape index (κ3) is 5.07. The lowest BCUT2D eigenvalue weighted by Gasteiger charge is -2.32. The van der Waals surface area contributed by atoms with E-state index in [-0.39, 0.29) is 0 Å². The lowest BCUT2D eigenvalue weighted by atomic mass is 9.70. The molecule has 0 N–H and O–H groups in total. The summed E-state index contributed by atoms with van der Waals surface area (Å²) in [6.45, 7) is 0. The second-order valence-corrected chi connectivity index (χ2v) is 18.3. The van der Waals surface area contributed by atoms with E-state index in [1.807, 2.05) is 6.07 Å². The van der Waals surface area contributed by atoms with Gasteiger partial charge in [0.25, 0.3) is 0 Å². The lowest BCUT2D eigenvalue weighted by molar-refractivity contribution is 0.664. The molecular weight excluding hydrogens is 827 g/mol. The van der Waals surface area contributed by atoms with Crippen molar-refractivity contribution in [1.82, 2.24) is 0 Å². The Kier molecular flexibility index (Phi) is 7.71. The third-order valence-corrected chi connectivity index (χ3v) is 14.9. The fourth-order valence-electron chi connectivity index (χ4n) is 12.0. The minimum atomic E-state index is -0.483. The van der Waals surface area contributed by atoms with Crippen LogP contribution in [0.5, 0.6) is 0 Å². The van der Waals surface area contributed by atoms with Crippen molar-refractivity contribution in [3.05, 3.63) is 259 Å². The molecule has 13 aromatic rings. The van der Waals surface area contributed by atoms with E-state index < -0.39 is 5.41 Å². The van der Waals surface area contributed by atoms with Gasteiger partial charge in [-0.25, -0.2) is 0 Å². The van der Waals surface area contributed by atoms with Crippen LogP contribution in [0.2, 0.25) is 0 Å². The fraction of sp³-hybridized carbons (Fsp3) is 0.0154. The van der Waals surface area contributed by atoms with Crippen LogP contribution >= 0.6 is 0 Å². The number of benzene rings is 11. The van der Waals surface area contributed by atoms with Crippen LogP contribution in [0, 0.1) is 0 Å². The molecule has 3 heteroatoms. The molecule has 1 spiro atoms. The van der Waals surface area contributed by atoms with E-state index in [0.717, 1.165) is 83.2 Å². The number of fused-ring (bicyclic) bond motifs is 17. The number of anilines is 3. The average Bonchev–Trinajstić information content (AvgIpc) is 4.13. The second-order valence-electron chi connectivity index (χ2n) is 18.3. The van der Waals surface area contributed by atoms with Gasteiger partial charge in [0.15, 0.2) is 0 Å². The van der Waals surface area contributed by atoms with Crippen molar-refractivity contribution < 1.29 is 8.83 Å². The van der Waals surface area contributed by atoms with E-state index in [4.69, 9.17) is 8.83 Å². The van der Waals surface area contributed by atoms with Crippen molar-refractivity contribution in [2.75, 3.05) is 4.90 Å². The van der Waals surface area contributed by atoms with Gasteiger partial charge < -0.3 is 13.7 Å². The summed E-state index contributed by atoms with van der Waals surface area (Å²) < 4.78 is 13.9. The standard InChI is InChI=1S/C65H39NO2/c1-2-17-41(18-3-1)46-20-9-14-28-58(46)66(44-32-34-50-49-23-8-13-27-56(49)65(57(50)37-44)54-25-11-6-21-47(54)48-22-7-12-26-55(48)65)45-33-35-51-53-39-61-63(52-24-10-15-29-59(52)67-61)62(64(53)68-60(51)38-45)43-31-30-40-16-4-5-19-42(40)36-43/h1-39H. The van der Waals surface area contributed by atoms with E-state index in [0.29, 0.717) is 0 Å². The Balaban J connectivity index is 0.996. The highest BCUT2D eigenvalue weighted by Gasteiger charge is 2.51. The minimum absolute atomic E-state index is 0.483. The predicted octanol–water partition coefficient (Wildman–Crippen LogP) is 17.8. The number of furan rings is 2. The van der Waals surface area contributed by atoms with E-state index in [1.54, 1.807) is 0 Å². The maximum Gasteiger partial charge on any atom is 0.144 e. The highest BCUT2D eigenvalue weighted by molar-refractivity contribution is 6.24. The van der Waals surface area contributed by atoms with Gasteiger partial charge in [-0.05, 0) is 115 Å². The largest absolute Gasteiger partial charge is 0.456 e. The lowest BCUT2D eigenvalue weighted by Crippen LogP contribution is -2.26. The van der Waals surface area contributed by atoms with Gasteiger partial charge in [0, 0.05) is 50.1 Å². The first-order chi connectivity index (χ1) is 33.7. The molecule has 0 bridgehead atoms. The Bertz CT molecular complexity index is 4170. The molecule has 2 aliphatic rings. The summed E-state index contributed by atoms with van der Waals surface area (Å²) in [4.78, 5) is 2.43. The molecule has 2 aromatic heterocycles.